The highest BCUT2D eigenvalue weighted by molar-refractivity contribution is 7.22. The smallest absolute Gasteiger partial charge is 0.261 e. The lowest BCUT2D eigenvalue weighted by Gasteiger charge is -2.21. The molecule has 0 aliphatic heterocycles. The topological polar surface area (TPSA) is 45.7 Å². The number of anilines is 1. The quantitative estimate of drug-likeness (QED) is 0.520. The molecule has 1 heterocycles. The van der Waals surface area contributed by atoms with Gasteiger partial charge < -0.3 is 9.64 Å². The van der Waals surface area contributed by atoms with Crippen LogP contribution in [0.2, 0.25) is 5.02 Å². The Morgan fingerprint density at radius 2 is 1.89 bits per heavy atom. The van der Waals surface area contributed by atoms with Crippen molar-refractivity contribution in [2.75, 3.05) is 39.2 Å². The van der Waals surface area contributed by atoms with Crippen molar-refractivity contribution in [1.82, 2.24) is 9.88 Å². The molecule has 1 aromatic heterocycles. The van der Waals surface area contributed by atoms with Crippen LogP contribution < -0.4 is 9.64 Å². The monoisotopic (exact) mass is 439 g/mol. The van der Waals surface area contributed by atoms with Gasteiger partial charge in [-0.3, -0.25) is 9.69 Å². The molecule has 2 aromatic carbocycles. The van der Waals surface area contributed by atoms with E-state index in [0.29, 0.717) is 28.0 Å². The number of hydrogen-bond acceptors (Lipinski definition) is 5. The summed E-state index contributed by atoms with van der Waals surface area (Å²) in [7, 11) is 5.66. The van der Waals surface area contributed by atoms with Gasteiger partial charge in [0.2, 0.25) is 0 Å². The predicted molar refractivity (Wildman–Crippen MR) is 120 cm³/mol. The highest BCUT2D eigenvalue weighted by atomic mass is 35.5. The van der Waals surface area contributed by atoms with Crippen molar-refractivity contribution in [2.24, 2.45) is 0 Å². The highest BCUT2D eigenvalue weighted by Gasteiger charge is 2.23. The Morgan fingerprint density at radius 1 is 1.14 bits per heavy atom. The summed E-state index contributed by atoms with van der Waals surface area (Å²) in [4.78, 5) is 21.8. The summed E-state index contributed by atoms with van der Waals surface area (Å²) in [5, 5.41) is 1.09. The Balaban J connectivity index is 0.00000280. The predicted octanol–water partition coefficient (Wildman–Crippen LogP) is 4.98. The van der Waals surface area contributed by atoms with Gasteiger partial charge in [-0.2, -0.15) is 0 Å². The van der Waals surface area contributed by atoms with Crippen LogP contribution in [-0.4, -0.2) is 50.1 Å². The number of methoxy groups -OCH3 is 1. The molecule has 8 heteroatoms. The van der Waals surface area contributed by atoms with Crippen molar-refractivity contribution in [3.05, 3.63) is 53.1 Å². The maximum atomic E-state index is 13.2. The number of amides is 1. The molecule has 0 bridgehead atoms. The molecule has 3 rings (SSSR count). The second-order valence-corrected chi connectivity index (χ2v) is 7.81. The summed E-state index contributed by atoms with van der Waals surface area (Å²) in [6, 6.07) is 12.9. The molecule has 0 saturated carbocycles. The normalized spacial score (nSPS) is 10.8. The molecular formula is C20H23Cl2N3O2S. The fourth-order valence-electron chi connectivity index (χ4n) is 2.80. The van der Waals surface area contributed by atoms with Gasteiger partial charge in [0.1, 0.15) is 11.3 Å². The molecule has 0 aliphatic rings. The molecule has 5 nitrogen and oxygen atoms in total. The summed E-state index contributed by atoms with van der Waals surface area (Å²) >= 11 is 7.75. The highest BCUT2D eigenvalue weighted by Crippen LogP contribution is 2.35. The van der Waals surface area contributed by atoms with Gasteiger partial charge in [0.25, 0.3) is 5.91 Å². The number of rotatable bonds is 7. The van der Waals surface area contributed by atoms with Crippen molar-refractivity contribution >= 4 is 56.6 Å². The molecule has 0 aliphatic carbocycles. The van der Waals surface area contributed by atoms with Crippen LogP contribution in [0, 0.1) is 0 Å². The largest absolute Gasteiger partial charge is 0.494 e. The molecule has 0 unspecified atom stereocenters. The maximum absolute atomic E-state index is 13.2. The Hall–Kier alpha value is -1.86. The van der Waals surface area contributed by atoms with E-state index < -0.39 is 0 Å². The number of fused-ring (bicyclic) bond motifs is 1. The number of nitrogens with zero attached hydrogens (tertiary/aromatic N) is 3. The van der Waals surface area contributed by atoms with Gasteiger partial charge in [0, 0.05) is 6.54 Å². The van der Waals surface area contributed by atoms with E-state index in [1.54, 1.807) is 24.1 Å². The fraction of sp³-hybridized carbons (Fsp3) is 0.300. The molecule has 0 spiro atoms. The molecule has 3 aromatic rings. The van der Waals surface area contributed by atoms with Crippen LogP contribution in [0.25, 0.3) is 10.2 Å². The molecule has 0 atom stereocenters. The first-order chi connectivity index (χ1) is 13.0. The molecule has 1 amide bonds. The number of benzene rings is 2. The van der Waals surface area contributed by atoms with Crippen LogP contribution >= 0.6 is 35.3 Å². The Bertz CT molecular complexity index is 946. The number of carbonyl (C=O) groups is 1. The zero-order valence-electron chi connectivity index (χ0n) is 16.0. The lowest BCUT2D eigenvalue weighted by molar-refractivity contribution is 0.0986. The first-order valence-electron chi connectivity index (χ1n) is 8.66. The molecule has 0 fully saturated rings. The SMILES string of the molecule is COc1cccc2sc(N(CCCN(C)C)C(=O)c3ccccc3Cl)nc12.Cl. The lowest BCUT2D eigenvalue weighted by atomic mass is 10.2. The van der Waals surface area contributed by atoms with E-state index in [1.807, 2.05) is 44.4 Å². The standard InChI is InChI=1S/C20H22ClN3O2S.ClH/c1-23(2)12-7-13-24(19(25)14-8-4-5-9-15(14)21)20-22-18-16(26-3)10-6-11-17(18)27-20;/h4-6,8-11H,7,12-13H2,1-3H3;1H. The Kier molecular flexibility index (Phi) is 8.07. The van der Waals surface area contributed by atoms with Crippen molar-refractivity contribution in [2.45, 2.75) is 6.42 Å². The number of thiazole rings is 1. The summed E-state index contributed by atoms with van der Waals surface area (Å²) < 4.78 is 6.39. The fourth-order valence-corrected chi connectivity index (χ4v) is 4.02. The summed E-state index contributed by atoms with van der Waals surface area (Å²) in [5.41, 5.74) is 1.25. The Morgan fingerprint density at radius 3 is 2.57 bits per heavy atom. The van der Waals surface area contributed by atoms with Crippen LogP contribution in [0.3, 0.4) is 0 Å². The zero-order chi connectivity index (χ0) is 19.4. The van der Waals surface area contributed by atoms with E-state index in [9.17, 15) is 4.79 Å². The number of hydrogen-bond donors (Lipinski definition) is 0. The molecule has 150 valence electrons. The van der Waals surface area contributed by atoms with E-state index in [0.717, 1.165) is 23.2 Å². The number of para-hydroxylation sites is 1. The summed E-state index contributed by atoms with van der Waals surface area (Å²) in [5.74, 6) is 0.561. The number of aromatic nitrogens is 1. The summed E-state index contributed by atoms with van der Waals surface area (Å²) in [6.07, 6.45) is 0.830. The van der Waals surface area contributed by atoms with Gasteiger partial charge in [0.15, 0.2) is 5.13 Å². The average Bonchev–Trinajstić information content (AvgIpc) is 3.08. The average molecular weight is 440 g/mol. The van der Waals surface area contributed by atoms with Gasteiger partial charge in [-0.1, -0.05) is 41.1 Å². The van der Waals surface area contributed by atoms with Crippen molar-refractivity contribution < 1.29 is 9.53 Å². The Labute approximate surface area is 180 Å². The van der Waals surface area contributed by atoms with E-state index in [2.05, 4.69) is 4.90 Å². The third kappa shape index (κ3) is 4.94. The molecule has 0 saturated heterocycles. The van der Waals surface area contributed by atoms with Gasteiger partial charge in [0.05, 0.1) is 22.4 Å². The number of carbonyl (C=O) groups excluding carboxylic acids is 1. The van der Waals surface area contributed by atoms with Gasteiger partial charge in [-0.15, -0.1) is 12.4 Å². The molecule has 0 N–H and O–H groups in total. The van der Waals surface area contributed by atoms with Crippen LogP contribution in [0.1, 0.15) is 16.8 Å². The van der Waals surface area contributed by atoms with E-state index in [-0.39, 0.29) is 18.3 Å². The first-order valence-corrected chi connectivity index (χ1v) is 9.85. The van der Waals surface area contributed by atoms with Gasteiger partial charge in [-0.25, -0.2) is 4.98 Å². The van der Waals surface area contributed by atoms with E-state index >= 15 is 0 Å². The van der Waals surface area contributed by atoms with Crippen molar-refractivity contribution in [3.63, 3.8) is 0 Å². The van der Waals surface area contributed by atoms with Crippen LogP contribution in [-0.2, 0) is 0 Å². The lowest BCUT2D eigenvalue weighted by Crippen LogP contribution is -2.33. The van der Waals surface area contributed by atoms with Gasteiger partial charge >= 0.3 is 0 Å². The number of halogens is 2. The second-order valence-electron chi connectivity index (χ2n) is 6.40. The number of ether oxygens (including phenoxy) is 1. The first kappa shape index (κ1) is 22.4. The minimum Gasteiger partial charge on any atom is -0.494 e. The minimum atomic E-state index is -0.141. The van der Waals surface area contributed by atoms with E-state index in [1.165, 1.54) is 11.3 Å². The minimum absolute atomic E-state index is 0. The van der Waals surface area contributed by atoms with Gasteiger partial charge in [-0.05, 0) is 51.3 Å². The van der Waals surface area contributed by atoms with Crippen LogP contribution in [0.5, 0.6) is 5.75 Å². The van der Waals surface area contributed by atoms with E-state index in [4.69, 9.17) is 21.3 Å². The third-order valence-electron chi connectivity index (χ3n) is 4.16. The van der Waals surface area contributed by atoms with Crippen molar-refractivity contribution in [1.29, 1.82) is 0 Å². The second kappa shape index (κ2) is 10.1. The zero-order valence-corrected chi connectivity index (χ0v) is 18.4. The molecule has 28 heavy (non-hydrogen) atoms. The van der Waals surface area contributed by atoms with Crippen molar-refractivity contribution in [3.8, 4) is 5.75 Å². The molecule has 0 radical (unpaired) electrons. The van der Waals surface area contributed by atoms with Crippen LogP contribution in [0.15, 0.2) is 42.5 Å². The molecular weight excluding hydrogens is 417 g/mol. The van der Waals surface area contributed by atoms with Crippen LogP contribution in [0.4, 0.5) is 5.13 Å². The summed E-state index contributed by atoms with van der Waals surface area (Å²) in [6.45, 7) is 1.44. The maximum Gasteiger partial charge on any atom is 0.261 e. The third-order valence-corrected chi connectivity index (χ3v) is 5.53.